The summed E-state index contributed by atoms with van der Waals surface area (Å²) in [6, 6.07) is 14.1. The molecule has 6 nitrogen and oxygen atoms in total. The van der Waals surface area contributed by atoms with E-state index in [1.165, 1.54) is 0 Å². The summed E-state index contributed by atoms with van der Waals surface area (Å²) in [6.45, 7) is 5.81. The summed E-state index contributed by atoms with van der Waals surface area (Å²) in [5.41, 5.74) is 1.91. The van der Waals surface area contributed by atoms with Crippen LogP contribution in [0.1, 0.15) is 44.0 Å². The van der Waals surface area contributed by atoms with E-state index in [-0.39, 0.29) is 23.0 Å². The van der Waals surface area contributed by atoms with Crippen molar-refractivity contribution in [2.75, 3.05) is 10.6 Å². The Morgan fingerprint density at radius 1 is 0.964 bits per heavy atom. The van der Waals surface area contributed by atoms with Gasteiger partial charge in [-0.3, -0.25) is 9.59 Å². The van der Waals surface area contributed by atoms with E-state index < -0.39 is 0 Å². The predicted octanol–water partition coefficient (Wildman–Crippen LogP) is 4.34. The average Bonchev–Trinajstić information content (AvgIpc) is 2.69. The maximum Gasteiger partial charge on any atom is 0.255 e. The van der Waals surface area contributed by atoms with Gasteiger partial charge < -0.3 is 20.7 Å². The van der Waals surface area contributed by atoms with Crippen LogP contribution in [0.4, 0.5) is 11.4 Å². The number of ether oxygens (including phenoxy) is 1. The van der Waals surface area contributed by atoms with Crippen LogP contribution in [-0.4, -0.2) is 23.0 Å². The number of hydrogen-bond acceptors (Lipinski definition) is 4. The molecule has 2 aromatic rings. The van der Waals surface area contributed by atoms with Gasteiger partial charge in [0, 0.05) is 23.4 Å². The fourth-order valence-corrected chi connectivity index (χ4v) is 2.45. The van der Waals surface area contributed by atoms with E-state index in [1.807, 2.05) is 6.92 Å². The number of carbonyl (C=O) groups excluding carboxylic acids is 2. The van der Waals surface area contributed by atoms with Gasteiger partial charge in [0.05, 0.1) is 6.10 Å². The Morgan fingerprint density at radius 2 is 1.54 bits per heavy atom. The van der Waals surface area contributed by atoms with Crippen LogP contribution in [0.15, 0.2) is 48.5 Å². The van der Waals surface area contributed by atoms with Crippen molar-refractivity contribution in [3.05, 3.63) is 54.1 Å². The lowest BCUT2D eigenvalue weighted by atomic mass is 10.2. The highest BCUT2D eigenvalue weighted by Gasteiger charge is 2.08. The third kappa shape index (κ3) is 6.66. The first kappa shape index (κ1) is 21.4. The minimum atomic E-state index is -0.207. The second kappa shape index (κ2) is 10.4. The van der Waals surface area contributed by atoms with Crippen LogP contribution in [0.25, 0.3) is 0 Å². The van der Waals surface area contributed by atoms with Crippen LogP contribution >= 0.6 is 12.2 Å². The molecule has 7 heteroatoms. The van der Waals surface area contributed by atoms with Crippen molar-refractivity contribution < 1.29 is 14.3 Å². The molecule has 1 unspecified atom stereocenters. The van der Waals surface area contributed by atoms with E-state index >= 15 is 0 Å². The maximum absolute atomic E-state index is 12.4. The monoisotopic (exact) mass is 399 g/mol. The lowest BCUT2D eigenvalue weighted by molar-refractivity contribution is -0.119. The second-order valence-corrected chi connectivity index (χ2v) is 6.66. The van der Waals surface area contributed by atoms with Gasteiger partial charge in [-0.1, -0.05) is 13.8 Å². The average molecular weight is 400 g/mol. The van der Waals surface area contributed by atoms with E-state index in [4.69, 9.17) is 17.0 Å². The topological polar surface area (TPSA) is 79.5 Å². The Labute approximate surface area is 170 Å². The largest absolute Gasteiger partial charge is 0.491 e. The molecular weight excluding hydrogens is 374 g/mol. The van der Waals surface area contributed by atoms with Crippen molar-refractivity contribution >= 4 is 40.5 Å². The molecule has 0 spiro atoms. The minimum Gasteiger partial charge on any atom is -0.491 e. The molecule has 0 aromatic heterocycles. The van der Waals surface area contributed by atoms with Gasteiger partial charge in [0.2, 0.25) is 5.91 Å². The van der Waals surface area contributed by atoms with Gasteiger partial charge in [-0.2, -0.15) is 0 Å². The Balaban J connectivity index is 1.91. The number of amides is 2. The second-order valence-electron chi connectivity index (χ2n) is 6.25. The maximum atomic E-state index is 12.4. The summed E-state index contributed by atoms with van der Waals surface area (Å²) in [6.07, 6.45) is 1.41. The number of anilines is 2. The molecule has 2 rings (SSSR count). The van der Waals surface area contributed by atoms with Gasteiger partial charge in [-0.25, -0.2) is 0 Å². The van der Waals surface area contributed by atoms with Crippen LogP contribution in [0.5, 0.6) is 5.75 Å². The molecule has 1 atom stereocenters. The number of benzene rings is 2. The molecule has 0 saturated heterocycles. The summed E-state index contributed by atoms with van der Waals surface area (Å²) in [4.78, 5) is 23.7. The first-order chi connectivity index (χ1) is 13.4. The van der Waals surface area contributed by atoms with Crippen LogP contribution in [-0.2, 0) is 4.79 Å². The SMILES string of the molecule is CCC(=O)NC(=S)Nc1ccc(NC(=O)c2ccc(OC(C)CC)cc2)cc1. The lowest BCUT2D eigenvalue weighted by Gasteiger charge is -2.13. The summed E-state index contributed by atoms with van der Waals surface area (Å²) in [7, 11) is 0. The van der Waals surface area contributed by atoms with Crippen molar-refractivity contribution in [3.63, 3.8) is 0 Å². The van der Waals surface area contributed by atoms with Crippen molar-refractivity contribution in [3.8, 4) is 5.75 Å². The minimum absolute atomic E-state index is 0.134. The number of carbonyl (C=O) groups is 2. The molecule has 0 fully saturated rings. The Bertz CT molecular complexity index is 820. The number of thiocarbonyl (C=S) groups is 1. The molecular formula is C21H25N3O3S. The van der Waals surface area contributed by atoms with Crippen molar-refractivity contribution in [1.82, 2.24) is 5.32 Å². The Hall–Kier alpha value is -2.93. The van der Waals surface area contributed by atoms with Crippen molar-refractivity contribution in [1.29, 1.82) is 0 Å². The summed E-state index contributed by atoms with van der Waals surface area (Å²) < 4.78 is 5.72. The molecule has 0 aliphatic rings. The summed E-state index contributed by atoms with van der Waals surface area (Å²) in [5.74, 6) is 0.385. The van der Waals surface area contributed by atoms with Crippen LogP contribution < -0.4 is 20.7 Å². The fraction of sp³-hybridized carbons (Fsp3) is 0.286. The molecule has 0 aliphatic heterocycles. The van der Waals surface area contributed by atoms with Gasteiger partial charge in [0.1, 0.15) is 5.75 Å². The van der Waals surface area contributed by atoms with E-state index in [0.717, 1.165) is 12.2 Å². The highest BCUT2D eigenvalue weighted by atomic mass is 32.1. The zero-order chi connectivity index (χ0) is 20.5. The smallest absolute Gasteiger partial charge is 0.255 e. The molecule has 148 valence electrons. The third-order valence-electron chi connectivity index (χ3n) is 4.00. The van der Waals surface area contributed by atoms with Crippen LogP contribution in [0.3, 0.4) is 0 Å². The third-order valence-corrected chi connectivity index (χ3v) is 4.21. The zero-order valence-electron chi connectivity index (χ0n) is 16.2. The number of hydrogen-bond donors (Lipinski definition) is 3. The highest BCUT2D eigenvalue weighted by Crippen LogP contribution is 2.17. The molecule has 0 saturated carbocycles. The van der Waals surface area contributed by atoms with E-state index in [0.29, 0.717) is 23.4 Å². The fourth-order valence-electron chi connectivity index (χ4n) is 2.22. The first-order valence-electron chi connectivity index (χ1n) is 9.20. The molecule has 0 aliphatic carbocycles. The van der Waals surface area contributed by atoms with Crippen LogP contribution in [0.2, 0.25) is 0 Å². The Kier molecular flexibility index (Phi) is 7.95. The predicted molar refractivity (Wildman–Crippen MR) is 116 cm³/mol. The van der Waals surface area contributed by atoms with E-state index in [9.17, 15) is 9.59 Å². The molecule has 0 radical (unpaired) electrons. The molecule has 2 aromatic carbocycles. The van der Waals surface area contributed by atoms with Gasteiger partial charge in [-0.05, 0) is 74.1 Å². The molecule has 0 bridgehead atoms. The van der Waals surface area contributed by atoms with Crippen molar-refractivity contribution in [2.24, 2.45) is 0 Å². The number of nitrogens with one attached hydrogen (secondary N) is 3. The van der Waals surface area contributed by atoms with E-state index in [1.54, 1.807) is 55.5 Å². The first-order valence-corrected chi connectivity index (χ1v) is 9.61. The number of rotatable bonds is 7. The summed E-state index contributed by atoms with van der Waals surface area (Å²) >= 11 is 5.07. The van der Waals surface area contributed by atoms with Crippen LogP contribution in [0, 0.1) is 0 Å². The lowest BCUT2D eigenvalue weighted by Crippen LogP contribution is -2.33. The standard InChI is InChI=1S/C21H25N3O3S/c1-4-14(3)27-18-12-6-15(7-13-18)20(26)22-16-8-10-17(11-9-16)23-21(28)24-19(25)5-2/h6-14H,4-5H2,1-3H3,(H,22,26)(H2,23,24,25,28). The van der Waals surface area contributed by atoms with Gasteiger partial charge >= 0.3 is 0 Å². The quantitative estimate of drug-likeness (QED) is 0.604. The van der Waals surface area contributed by atoms with E-state index in [2.05, 4.69) is 22.9 Å². The molecule has 3 N–H and O–H groups in total. The molecule has 28 heavy (non-hydrogen) atoms. The zero-order valence-corrected chi connectivity index (χ0v) is 17.1. The highest BCUT2D eigenvalue weighted by molar-refractivity contribution is 7.80. The summed E-state index contributed by atoms with van der Waals surface area (Å²) in [5, 5.41) is 8.57. The normalized spacial score (nSPS) is 11.2. The Morgan fingerprint density at radius 3 is 2.07 bits per heavy atom. The van der Waals surface area contributed by atoms with Gasteiger partial charge in [0.25, 0.3) is 5.91 Å². The molecule has 0 heterocycles. The van der Waals surface area contributed by atoms with Crippen molar-refractivity contribution in [2.45, 2.75) is 39.7 Å². The molecule has 2 amide bonds. The van der Waals surface area contributed by atoms with Gasteiger partial charge in [0.15, 0.2) is 5.11 Å². The van der Waals surface area contributed by atoms with Gasteiger partial charge in [-0.15, -0.1) is 0 Å².